The van der Waals surface area contributed by atoms with Crippen LogP contribution in [0, 0.1) is 0 Å². The molecular weight excluding hydrogens is 324 g/mol. The molecule has 0 aromatic heterocycles. The van der Waals surface area contributed by atoms with E-state index in [1.54, 1.807) is 6.07 Å². The molecule has 0 aliphatic carbocycles. The number of amides is 1. The third-order valence-corrected chi connectivity index (χ3v) is 4.21. The Kier molecular flexibility index (Phi) is 3.46. The highest BCUT2D eigenvalue weighted by atomic mass is 19.4. The molecule has 0 N–H and O–H groups in total. The van der Waals surface area contributed by atoms with Crippen LogP contribution in [-0.2, 0) is 0 Å². The van der Waals surface area contributed by atoms with Gasteiger partial charge in [-0.25, -0.2) is 0 Å². The Morgan fingerprint density at radius 3 is 1.70 bits per heavy atom. The van der Waals surface area contributed by atoms with Gasteiger partial charge in [0.2, 0.25) is 0 Å². The lowest BCUT2D eigenvalue weighted by molar-refractivity contribution is -0.118. The van der Waals surface area contributed by atoms with E-state index in [0.29, 0.717) is 0 Å². The normalized spacial score (nSPS) is 24.5. The van der Waals surface area contributed by atoms with E-state index in [-0.39, 0.29) is 18.4 Å². The van der Waals surface area contributed by atoms with Crippen LogP contribution in [0.4, 0.5) is 26.3 Å². The summed E-state index contributed by atoms with van der Waals surface area (Å²) in [5, 5.41) is 0. The maximum absolute atomic E-state index is 13.1. The summed E-state index contributed by atoms with van der Waals surface area (Å²) in [6.07, 6.45) is -10.4. The summed E-state index contributed by atoms with van der Waals surface area (Å²) >= 11 is 0. The molecule has 1 amide bonds. The van der Waals surface area contributed by atoms with E-state index in [1.165, 1.54) is 24.3 Å². The molecule has 1 aromatic carbocycles. The Hall–Kier alpha value is -1.99. The number of alkyl halides is 6. The van der Waals surface area contributed by atoms with Gasteiger partial charge in [-0.3, -0.25) is 4.79 Å². The molecule has 1 aromatic rings. The predicted molar refractivity (Wildman–Crippen MR) is 68.6 cm³/mol. The van der Waals surface area contributed by atoms with Crippen molar-refractivity contribution >= 4 is 5.91 Å². The molecule has 2 heterocycles. The number of benzene rings is 1. The van der Waals surface area contributed by atoms with Gasteiger partial charge < -0.3 is 4.90 Å². The van der Waals surface area contributed by atoms with Crippen molar-refractivity contribution in [3.8, 4) is 0 Å². The third-order valence-electron chi connectivity index (χ3n) is 4.21. The van der Waals surface area contributed by atoms with Crippen LogP contribution >= 0.6 is 0 Å². The van der Waals surface area contributed by atoms with E-state index in [2.05, 4.69) is 0 Å². The van der Waals surface area contributed by atoms with Crippen molar-refractivity contribution in [1.29, 1.82) is 0 Å². The summed E-state index contributed by atoms with van der Waals surface area (Å²) in [4.78, 5) is 13.2. The Morgan fingerprint density at radius 1 is 0.870 bits per heavy atom. The van der Waals surface area contributed by atoms with Gasteiger partial charge in [0, 0.05) is 5.56 Å². The molecule has 2 aliphatic heterocycles. The fourth-order valence-corrected chi connectivity index (χ4v) is 3.43. The Morgan fingerprint density at radius 2 is 1.30 bits per heavy atom. The summed E-state index contributed by atoms with van der Waals surface area (Å²) in [7, 11) is 0. The SMILES string of the molecule is O=C(c1ccccc1)N1C2CCC1C(C(F)(F)F)=C2C(F)(F)F. The van der Waals surface area contributed by atoms with Crippen molar-refractivity contribution in [3.63, 3.8) is 0 Å². The molecule has 1 fully saturated rings. The Balaban J connectivity index is 2.05. The van der Waals surface area contributed by atoms with Gasteiger partial charge in [-0.1, -0.05) is 18.2 Å². The second kappa shape index (κ2) is 5.01. The highest BCUT2D eigenvalue weighted by molar-refractivity contribution is 5.96. The number of carbonyl (C=O) groups excluding carboxylic acids is 1. The van der Waals surface area contributed by atoms with E-state index in [1.807, 2.05) is 0 Å². The van der Waals surface area contributed by atoms with Crippen LogP contribution < -0.4 is 0 Å². The second-order valence-electron chi connectivity index (χ2n) is 5.51. The molecule has 2 aliphatic rings. The number of carbonyl (C=O) groups is 1. The van der Waals surface area contributed by atoms with Gasteiger partial charge in [-0.15, -0.1) is 0 Å². The van der Waals surface area contributed by atoms with Crippen LogP contribution in [0.2, 0.25) is 0 Å². The Bertz CT molecular complexity index is 629. The van der Waals surface area contributed by atoms with Crippen LogP contribution in [0.15, 0.2) is 41.5 Å². The van der Waals surface area contributed by atoms with Crippen LogP contribution in [0.1, 0.15) is 23.2 Å². The van der Waals surface area contributed by atoms with Crippen LogP contribution in [-0.4, -0.2) is 35.2 Å². The number of halogens is 6. The number of nitrogens with zero attached hydrogens (tertiary/aromatic N) is 1. The molecule has 2 unspecified atom stereocenters. The zero-order chi connectivity index (χ0) is 17.0. The van der Waals surface area contributed by atoms with Gasteiger partial charge in [0.05, 0.1) is 23.2 Å². The molecule has 0 radical (unpaired) electrons. The molecule has 2 bridgehead atoms. The van der Waals surface area contributed by atoms with Crippen molar-refractivity contribution in [3.05, 3.63) is 47.0 Å². The first-order chi connectivity index (χ1) is 10.6. The van der Waals surface area contributed by atoms with Crippen LogP contribution in [0.5, 0.6) is 0 Å². The summed E-state index contributed by atoms with van der Waals surface area (Å²) in [5.41, 5.74) is -3.16. The van der Waals surface area contributed by atoms with Gasteiger partial charge in [-0.2, -0.15) is 26.3 Å². The highest BCUT2D eigenvalue weighted by Crippen LogP contribution is 2.53. The van der Waals surface area contributed by atoms with Crippen LogP contribution in [0.3, 0.4) is 0 Å². The summed E-state index contributed by atoms with van der Waals surface area (Å²) in [6.45, 7) is 0. The van der Waals surface area contributed by atoms with Crippen molar-refractivity contribution in [2.45, 2.75) is 37.3 Å². The van der Waals surface area contributed by atoms with Gasteiger partial charge in [0.1, 0.15) is 0 Å². The lowest BCUT2D eigenvalue weighted by Gasteiger charge is -2.24. The summed E-state index contributed by atoms with van der Waals surface area (Å²) < 4.78 is 78.9. The fourth-order valence-electron chi connectivity index (χ4n) is 3.43. The average molecular weight is 335 g/mol. The minimum atomic E-state index is -5.11. The number of hydrogen-bond donors (Lipinski definition) is 0. The molecule has 1 saturated heterocycles. The predicted octanol–water partition coefficient (Wildman–Crippen LogP) is 4.09. The van der Waals surface area contributed by atoms with E-state index in [4.69, 9.17) is 0 Å². The van der Waals surface area contributed by atoms with Gasteiger partial charge in [0.25, 0.3) is 5.91 Å². The first-order valence-corrected chi connectivity index (χ1v) is 6.88. The average Bonchev–Trinajstić information content (AvgIpc) is 3.01. The monoisotopic (exact) mass is 335 g/mol. The van der Waals surface area contributed by atoms with Gasteiger partial charge in [0.15, 0.2) is 0 Å². The molecule has 0 spiro atoms. The molecule has 2 atom stereocenters. The van der Waals surface area contributed by atoms with E-state index in [9.17, 15) is 31.1 Å². The number of fused-ring (bicyclic) bond motifs is 2. The highest BCUT2D eigenvalue weighted by Gasteiger charge is 2.62. The minimum Gasteiger partial charge on any atom is -0.325 e. The Labute approximate surface area is 127 Å². The molecular formula is C15H11F6NO. The van der Waals surface area contributed by atoms with E-state index in [0.717, 1.165) is 4.90 Å². The van der Waals surface area contributed by atoms with Crippen molar-refractivity contribution in [2.24, 2.45) is 0 Å². The lowest BCUT2D eigenvalue weighted by atomic mass is 9.91. The van der Waals surface area contributed by atoms with Crippen LogP contribution in [0.25, 0.3) is 0 Å². The minimum absolute atomic E-state index is 0.0781. The first-order valence-electron chi connectivity index (χ1n) is 6.88. The molecule has 0 saturated carbocycles. The lowest BCUT2D eigenvalue weighted by Crippen LogP contribution is -2.39. The van der Waals surface area contributed by atoms with Crippen molar-refractivity contribution in [2.75, 3.05) is 0 Å². The van der Waals surface area contributed by atoms with Gasteiger partial charge in [-0.05, 0) is 25.0 Å². The maximum atomic E-state index is 13.1. The van der Waals surface area contributed by atoms with E-state index >= 15 is 0 Å². The quantitative estimate of drug-likeness (QED) is 0.559. The molecule has 8 heteroatoms. The van der Waals surface area contributed by atoms with Gasteiger partial charge >= 0.3 is 12.4 Å². The maximum Gasteiger partial charge on any atom is 0.415 e. The van der Waals surface area contributed by atoms with Crippen molar-refractivity contribution in [1.82, 2.24) is 4.90 Å². The summed E-state index contributed by atoms with van der Waals surface area (Å²) in [6, 6.07) is 4.24. The third kappa shape index (κ3) is 2.49. The number of hydrogen-bond acceptors (Lipinski definition) is 1. The zero-order valence-electron chi connectivity index (χ0n) is 11.6. The molecule has 23 heavy (non-hydrogen) atoms. The standard InChI is InChI=1S/C15H11F6NO/c16-14(17,18)11-9-6-7-10(12(11)15(19,20)21)22(9)13(23)8-4-2-1-3-5-8/h1-5,9-10H,6-7H2. The largest absolute Gasteiger partial charge is 0.415 e. The summed E-state index contributed by atoms with van der Waals surface area (Å²) in [5.74, 6) is -0.806. The zero-order valence-corrected chi connectivity index (χ0v) is 11.6. The van der Waals surface area contributed by atoms with Crippen molar-refractivity contribution < 1.29 is 31.1 Å². The second-order valence-corrected chi connectivity index (χ2v) is 5.51. The molecule has 3 rings (SSSR count). The number of rotatable bonds is 1. The fraction of sp³-hybridized carbons (Fsp3) is 0.400. The molecule has 2 nitrogen and oxygen atoms in total. The molecule has 124 valence electrons. The first kappa shape index (κ1) is 15.9. The smallest absolute Gasteiger partial charge is 0.325 e. The van der Waals surface area contributed by atoms with E-state index < -0.39 is 41.5 Å². The topological polar surface area (TPSA) is 20.3 Å².